The molecule has 3 aromatic carbocycles. The normalized spacial score (nSPS) is 11.8. The predicted octanol–water partition coefficient (Wildman–Crippen LogP) is 4.70. The SMILES string of the molecule is O=S(=O)(Nc1ccc(S(=O)(=O)Nc2cccc(Cl)c2)cc1)c1ccc(Br)cc1. The van der Waals surface area contributed by atoms with Crippen LogP contribution in [0.5, 0.6) is 0 Å². The number of hydrogen-bond acceptors (Lipinski definition) is 4. The summed E-state index contributed by atoms with van der Waals surface area (Å²) in [4.78, 5) is 0.0779. The molecule has 0 saturated heterocycles. The topological polar surface area (TPSA) is 92.3 Å². The molecule has 0 aromatic heterocycles. The van der Waals surface area contributed by atoms with E-state index in [1.165, 1.54) is 42.5 Å². The molecule has 0 amide bonds. The van der Waals surface area contributed by atoms with E-state index >= 15 is 0 Å². The number of hydrogen-bond donors (Lipinski definition) is 2. The summed E-state index contributed by atoms with van der Waals surface area (Å²) in [7, 11) is -7.62. The third-order valence-corrected chi connectivity index (χ3v) is 7.18. The van der Waals surface area contributed by atoms with Gasteiger partial charge >= 0.3 is 0 Å². The maximum Gasteiger partial charge on any atom is 0.261 e. The summed E-state index contributed by atoms with van der Waals surface area (Å²) in [6.07, 6.45) is 0. The number of nitrogens with one attached hydrogen (secondary N) is 2. The molecule has 0 unspecified atom stereocenters. The molecule has 10 heteroatoms. The zero-order valence-corrected chi connectivity index (χ0v) is 18.1. The van der Waals surface area contributed by atoms with Gasteiger partial charge in [0, 0.05) is 15.2 Å². The second-order valence-electron chi connectivity index (χ2n) is 5.70. The molecule has 0 aliphatic rings. The second kappa shape index (κ2) is 8.12. The molecule has 3 rings (SSSR count). The van der Waals surface area contributed by atoms with Gasteiger partial charge in [-0.3, -0.25) is 9.44 Å². The van der Waals surface area contributed by atoms with Crippen molar-refractivity contribution in [2.24, 2.45) is 0 Å². The Morgan fingerprint density at radius 2 is 1.18 bits per heavy atom. The molecule has 6 nitrogen and oxygen atoms in total. The summed E-state index contributed by atoms with van der Waals surface area (Å²) >= 11 is 9.11. The summed E-state index contributed by atoms with van der Waals surface area (Å²) in [6, 6.07) is 17.8. The lowest BCUT2D eigenvalue weighted by Crippen LogP contribution is -2.14. The van der Waals surface area contributed by atoms with Crippen molar-refractivity contribution < 1.29 is 16.8 Å². The van der Waals surface area contributed by atoms with Gasteiger partial charge in [-0.25, -0.2) is 16.8 Å². The lowest BCUT2D eigenvalue weighted by molar-refractivity contribution is 0.600. The lowest BCUT2D eigenvalue weighted by atomic mass is 10.3. The second-order valence-corrected chi connectivity index (χ2v) is 10.4. The molecule has 0 atom stereocenters. The number of sulfonamides is 2. The van der Waals surface area contributed by atoms with Crippen molar-refractivity contribution in [3.05, 3.63) is 82.3 Å². The van der Waals surface area contributed by atoms with E-state index in [1.807, 2.05) is 0 Å². The van der Waals surface area contributed by atoms with E-state index in [-0.39, 0.29) is 15.5 Å². The molecule has 0 aliphatic carbocycles. The van der Waals surface area contributed by atoms with Crippen molar-refractivity contribution in [1.29, 1.82) is 0 Å². The first-order valence-electron chi connectivity index (χ1n) is 7.83. The van der Waals surface area contributed by atoms with Crippen molar-refractivity contribution in [2.75, 3.05) is 9.44 Å². The minimum atomic E-state index is -3.84. The van der Waals surface area contributed by atoms with E-state index in [1.54, 1.807) is 30.3 Å². The standard InChI is InChI=1S/C18H14BrClN2O4S2/c19-13-4-8-17(9-5-13)27(23,24)21-15-6-10-18(11-7-15)28(25,26)22-16-3-1-2-14(20)12-16/h1-12,21-22H. The van der Waals surface area contributed by atoms with E-state index in [2.05, 4.69) is 25.4 Å². The first-order chi connectivity index (χ1) is 13.2. The van der Waals surface area contributed by atoms with E-state index in [4.69, 9.17) is 11.6 Å². The van der Waals surface area contributed by atoms with E-state index < -0.39 is 20.0 Å². The molecule has 0 spiro atoms. The van der Waals surface area contributed by atoms with Gasteiger partial charge in [0.25, 0.3) is 20.0 Å². The fourth-order valence-electron chi connectivity index (χ4n) is 2.30. The van der Waals surface area contributed by atoms with Crippen LogP contribution in [0.15, 0.2) is 87.1 Å². The van der Waals surface area contributed by atoms with Crippen LogP contribution in [0.1, 0.15) is 0 Å². The fourth-order valence-corrected chi connectivity index (χ4v) is 4.86. The van der Waals surface area contributed by atoms with Crippen molar-refractivity contribution in [2.45, 2.75) is 9.79 Å². The molecule has 0 bridgehead atoms. The van der Waals surface area contributed by atoms with Crippen LogP contribution in [0.4, 0.5) is 11.4 Å². The van der Waals surface area contributed by atoms with Crippen LogP contribution in [0.2, 0.25) is 5.02 Å². The minimum Gasteiger partial charge on any atom is -0.280 e. The highest BCUT2D eigenvalue weighted by Crippen LogP contribution is 2.22. The van der Waals surface area contributed by atoms with Gasteiger partial charge in [0.05, 0.1) is 15.5 Å². The van der Waals surface area contributed by atoms with Crippen molar-refractivity contribution in [1.82, 2.24) is 0 Å². The summed E-state index contributed by atoms with van der Waals surface area (Å²) < 4.78 is 55.3. The Balaban J connectivity index is 1.78. The van der Waals surface area contributed by atoms with Gasteiger partial charge < -0.3 is 0 Å². The molecular weight excluding hydrogens is 488 g/mol. The number of halogens is 2. The Morgan fingerprint density at radius 3 is 1.71 bits per heavy atom. The van der Waals surface area contributed by atoms with Gasteiger partial charge in [-0.15, -0.1) is 0 Å². The summed E-state index contributed by atoms with van der Waals surface area (Å²) in [5, 5.41) is 0.401. The molecule has 0 aliphatic heterocycles. The minimum absolute atomic E-state index is 0.0148. The van der Waals surface area contributed by atoms with Gasteiger partial charge in [0.1, 0.15) is 0 Å². The Hall–Kier alpha value is -2.07. The highest BCUT2D eigenvalue weighted by molar-refractivity contribution is 9.10. The van der Waals surface area contributed by atoms with Gasteiger partial charge in [-0.2, -0.15) is 0 Å². The maximum absolute atomic E-state index is 12.5. The highest BCUT2D eigenvalue weighted by atomic mass is 79.9. The molecule has 0 radical (unpaired) electrons. The highest BCUT2D eigenvalue weighted by Gasteiger charge is 2.17. The Labute approximate surface area is 176 Å². The van der Waals surface area contributed by atoms with Crippen LogP contribution in [-0.4, -0.2) is 16.8 Å². The lowest BCUT2D eigenvalue weighted by Gasteiger charge is -2.11. The van der Waals surface area contributed by atoms with Crippen LogP contribution >= 0.6 is 27.5 Å². The largest absolute Gasteiger partial charge is 0.280 e. The molecule has 0 heterocycles. The molecule has 3 aromatic rings. The predicted molar refractivity (Wildman–Crippen MR) is 114 cm³/mol. The molecule has 28 heavy (non-hydrogen) atoms. The maximum atomic E-state index is 12.5. The Kier molecular flexibility index (Phi) is 5.99. The van der Waals surface area contributed by atoms with Crippen LogP contribution in [0, 0.1) is 0 Å². The van der Waals surface area contributed by atoms with Crippen LogP contribution in [-0.2, 0) is 20.0 Å². The van der Waals surface area contributed by atoms with E-state index in [0.717, 1.165) is 4.47 Å². The molecule has 146 valence electrons. The van der Waals surface area contributed by atoms with E-state index in [0.29, 0.717) is 10.7 Å². The van der Waals surface area contributed by atoms with Gasteiger partial charge in [0.2, 0.25) is 0 Å². The summed E-state index contributed by atoms with van der Waals surface area (Å²) in [6.45, 7) is 0. The van der Waals surface area contributed by atoms with Crippen molar-refractivity contribution in [3.63, 3.8) is 0 Å². The number of anilines is 2. The fraction of sp³-hybridized carbons (Fsp3) is 0. The average molecular weight is 502 g/mol. The van der Waals surface area contributed by atoms with Crippen molar-refractivity contribution >= 4 is 59.0 Å². The smallest absolute Gasteiger partial charge is 0.261 e. The molecular formula is C18H14BrClN2O4S2. The van der Waals surface area contributed by atoms with Gasteiger partial charge in [0.15, 0.2) is 0 Å². The quantitative estimate of drug-likeness (QED) is 0.512. The third kappa shape index (κ3) is 5.05. The monoisotopic (exact) mass is 500 g/mol. The first-order valence-corrected chi connectivity index (χ1v) is 12.0. The Morgan fingerprint density at radius 1 is 0.679 bits per heavy atom. The summed E-state index contributed by atoms with van der Waals surface area (Å²) in [5.74, 6) is 0. The van der Waals surface area contributed by atoms with Gasteiger partial charge in [-0.05, 0) is 66.7 Å². The third-order valence-electron chi connectivity index (χ3n) is 3.62. The zero-order chi connectivity index (χ0) is 20.4. The number of rotatable bonds is 6. The van der Waals surface area contributed by atoms with Crippen LogP contribution < -0.4 is 9.44 Å². The molecule has 2 N–H and O–H groups in total. The first kappa shape index (κ1) is 20.7. The van der Waals surface area contributed by atoms with Crippen LogP contribution in [0.25, 0.3) is 0 Å². The average Bonchev–Trinajstić information content (AvgIpc) is 2.62. The van der Waals surface area contributed by atoms with E-state index in [9.17, 15) is 16.8 Å². The Bertz CT molecular complexity index is 1200. The van der Waals surface area contributed by atoms with Crippen molar-refractivity contribution in [3.8, 4) is 0 Å². The molecule has 0 saturated carbocycles. The van der Waals surface area contributed by atoms with Gasteiger partial charge in [-0.1, -0.05) is 33.6 Å². The van der Waals surface area contributed by atoms with Crippen LogP contribution in [0.3, 0.4) is 0 Å². The zero-order valence-electron chi connectivity index (χ0n) is 14.1. The summed E-state index contributed by atoms with van der Waals surface area (Å²) in [5.41, 5.74) is 0.567. The number of benzene rings is 3. The molecule has 0 fully saturated rings.